The molecule has 0 aliphatic carbocycles. The number of hydrogen-bond donors (Lipinski definition) is 2. The molecule has 0 spiro atoms. The summed E-state index contributed by atoms with van der Waals surface area (Å²) >= 11 is 1.13. The van der Waals surface area contributed by atoms with Gasteiger partial charge in [-0.05, 0) is 42.6 Å². The van der Waals surface area contributed by atoms with Crippen LogP contribution in [-0.4, -0.2) is 78.4 Å². The van der Waals surface area contributed by atoms with Crippen molar-refractivity contribution in [2.75, 3.05) is 32.1 Å². The molecule has 4 rings (SSSR count). The number of fused-ring (bicyclic) bond motifs is 1. The Morgan fingerprint density at radius 2 is 2.00 bits per heavy atom. The van der Waals surface area contributed by atoms with Crippen molar-refractivity contribution in [3.63, 3.8) is 0 Å². The number of ether oxygens (including phenoxy) is 1. The quantitative estimate of drug-likeness (QED) is 0.435. The lowest BCUT2D eigenvalue weighted by Crippen LogP contribution is -2.50. The van der Waals surface area contributed by atoms with E-state index in [2.05, 4.69) is 10.3 Å². The van der Waals surface area contributed by atoms with Gasteiger partial charge >= 0.3 is 0 Å². The highest BCUT2D eigenvalue weighted by atomic mass is 32.2. The summed E-state index contributed by atoms with van der Waals surface area (Å²) < 4.78 is 34.1. The lowest BCUT2D eigenvalue weighted by Gasteiger charge is -2.38. The molecule has 3 atom stereocenters. The molecule has 12 heteroatoms. The Morgan fingerprint density at radius 1 is 1.26 bits per heavy atom. The average molecular weight is 559 g/mol. The van der Waals surface area contributed by atoms with Gasteiger partial charge in [-0.2, -0.15) is 4.31 Å². The number of carbonyl (C=O) groups is 2. The first kappa shape index (κ1) is 27.7. The monoisotopic (exact) mass is 558 g/mol. The van der Waals surface area contributed by atoms with Crippen molar-refractivity contribution in [2.24, 2.45) is 5.92 Å². The van der Waals surface area contributed by atoms with Gasteiger partial charge < -0.3 is 20.1 Å². The van der Waals surface area contributed by atoms with E-state index in [1.807, 2.05) is 6.92 Å². The lowest BCUT2D eigenvalue weighted by atomic mass is 9.99. The minimum atomic E-state index is -3.75. The number of para-hydroxylation sites is 1. The fraction of sp³-hybridized carbons (Fsp3) is 0.346. The van der Waals surface area contributed by atoms with E-state index in [9.17, 15) is 23.1 Å². The van der Waals surface area contributed by atoms with Crippen molar-refractivity contribution < 1.29 is 27.9 Å². The van der Waals surface area contributed by atoms with Crippen LogP contribution in [0.3, 0.4) is 0 Å². The van der Waals surface area contributed by atoms with Crippen LogP contribution < -0.4 is 10.1 Å². The number of carbonyl (C=O) groups excluding carboxylic acids is 2. The zero-order chi connectivity index (χ0) is 27.4. The summed E-state index contributed by atoms with van der Waals surface area (Å²) in [5, 5.41) is 14.4. The van der Waals surface area contributed by atoms with Crippen LogP contribution in [0.4, 0.5) is 5.69 Å². The summed E-state index contributed by atoms with van der Waals surface area (Å²) in [6.07, 6.45) is 2.33. The number of nitrogens with zero attached hydrogens (tertiary/aromatic N) is 3. The number of likely N-dealkylation sites (N-methyl/N-ethyl adjacent to an activating group) is 1. The number of aromatic nitrogens is 1. The van der Waals surface area contributed by atoms with Gasteiger partial charge in [0.1, 0.15) is 10.3 Å². The average Bonchev–Trinajstić information content (AvgIpc) is 3.47. The molecule has 1 aliphatic rings. The second-order valence-electron chi connectivity index (χ2n) is 9.21. The molecule has 0 saturated carbocycles. The van der Waals surface area contributed by atoms with E-state index in [0.29, 0.717) is 5.56 Å². The van der Waals surface area contributed by atoms with Crippen LogP contribution in [0.5, 0.6) is 5.75 Å². The van der Waals surface area contributed by atoms with Crippen molar-refractivity contribution in [3.05, 3.63) is 71.4 Å². The Labute approximate surface area is 225 Å². The zero-order valence-corrected chi connectivity index (χ0v) is 22.9. The van der Waals surface area contributed by atoms with Gasteiger partial charge in [0.15, 0.2) is 5.75 Å². The maximum absolute atomic E-state index is 13.6. The molecule has 0 radical (unpaired) electrons. The summed E-state index contributed by atoms with van der Waals surface area (Å²) in [4.78, 5) is 32.0. The molecule has 1 aromatic carbocycles. The largest absolute Gasteiger partial charge is 0.486 e. The van der Waals surface area contributed by atoms with Crippen LogP contribution in [0.1, 0.15) is 34.6 Å². The molecule has 1 aliphatic heterocycles. The van der Waals surface area contributed by atoms with Crippen LogP contribution in [0, 0.1) is 5.92 Å². The molecule has 3 aromatic rings. The molecule has 0 unspecified atom stereocenters. The minimum absolute atomic E-state index is 0.00299. The molecule has 0 saturated heterocycles. The number of anilines is 1. The molecular formula is C26H30N4O6S2. The number of amides is 2. The standard InChI is InChI=1S/C26H30N4O6S2/c1-17-14-30(18(2)16-31)26(33)20-6-4-7-21(28-25(32)19-9-11-27-12-10-19)24(20)36-22(17)15-29(3)38(34,35)23-8-5-13-37-23/h4-13,17-18,22,31H,14-16H2,1-3H3,(H,28,32)/t17-,18+,22+/m1/s1. The predicted octanol–water partition coefficient (Wildman–Crippen LogP) is 2.94. The highest BCUT2D eigenvalue weighted by Crippen LogP contribution is 2.35. The van der Waals surface area contributed by atoms with Gasteiger partial charge in [0, 0.05) is 37.5 Å². The van der Waals surface area contributed by atoms with E-state index < -0.39 is 28.1 Å². The first-order valence-electron chi connectivity index (χ1n) is 12.1. The summed E-state index contributed by atoms with van der Waals surface area (Å²) in [5.74, 6) is -0.938. The van der Waals surface area contributed by atoms with Gasteiger partial charge in [0.2, 0.25) is 0 Å². The Balaban J connectivity index is 1.73. The second-order valence-corrected chi connectivity index (χ2v) is 12.4. The van der Waals surface area contributed by atoms with Crippen molar-refractivity contribution >= 4 is 38.9 Å². The van der Waals surface area contributed by atoms with E-state index >= 15 is 0 Å². The third kappa shape index (κ3) is 5.73. The Bertz CT molecular complexity index is 1380. The normalized spacial score (nSPS) is 18.8. The molecule has 38 heavy (non-hydrogen) atoms. The van der Waals surface area contributed by atoms with E-state index in [1.54, 1.807) is 59.7 Å². The highest BCUT2D eigenvalue weighted by Gasteiger charge is 2.36. The maximum Gasteiger partial charge on any atom is 0.258 e. The molecule has 10 nitrogen and oxygen atoms in total. The third-order valence-corrected chi connectivity index (χ3v) is 9.67. The molecule has 2 N–H and O–H groups in total. The lowest BCUT2D eigenvalue weighted by molar-refractivity contribution is 0.0388. The number of hydrogen-bond acceptors (Lipinski definition) is 8. The Morgan fingerprint density at radius 3 is 2.66 bits per heavy atom. The van der Waals surface area contributed by atoms with Crippen molar-refractivity contribution in [1.82, 2.24) is 14.2 Å². The first-order chi connectivity index (χ1) is 18.1. The second kappa shape index (κ2) is 11.6. The number of nitrogens with one attached hydrogen (secondary N) is 1. The summed E-state index contributed by atoms with van der Waals surface area (Å²) in [6.45, 7) is 3.60. The fourth-order valence-electron chi connectivity index (χ4n) is 4.17. The van der Waals surface area contributed by atoms with Gasteiger partial charge in [-0.15, -0.1) is 11.3 Å². The highest BCUT2D eigenvalue weighted by molar-refractivity contribution is 7.91. The van der Waals surface area contributed by atoms with Crippen LogP contribution in [-0.2, 0) is 10.0 Å². The van der Waals surface area contributed by atoms with Crippen molar-refractivity contribution in [1.29, 1.82) is 0 Å². The molecule has 2 aromatic heterocycles. The van der Waals surface area contributed by atoms with E-state index in [-0.39, 0.29) is 52.7 Å². The maximum atomic E-state index is 13.6. The number of benzene rings is 1. The van der Waals surface area contributed by atoms with Gasteiger partial charge in [-0.25, -0.2) is 8.42 Å². The van der Waals surface area contributed by atoms with Gasteiger partial charge in [0.25, 0.3) is 21.8 Å². The van der Waals surface area contributed by atoms with Crippen LogP contribution in [0.15, 0.2) is 64.4 Å². The molecule has 0 fully saturated rings. The van der Waals surface area contributed by atoms with Crippen LogP contribution >= 0.6 is 11.3 Å². The summed E-state index contributed by atoms with van der Waals surface area (Å²) in [7, 11) is -2.26. The molecule has 3 heterocycles. The van der Waals surface area contributed by atoms with E-state index in [1.165, 1.54) is 23.7 Å². The van der Waals surface area contributed by atoms with Crippen LogP contribution in [0.2, 0.25) is 0 Å². The number of rotatable bonds is 8. The van der Waals surface area contributed by atoms with Crippen LogP contribution in [0.25, 0.3) is 0 Å². The Kier molecular flexibility index (Phi) is 8.46. The number of aliphatic hydroxyl groups excluding tert-OH is 1. The molecule has 2 amide bonds. The van der Waals surface area contributed by atoms with E-state index in [0.717, 1.165) is 11.3 Å². The number of sulfonamides is 1. The van der Waals surface area contributed by atoms with Gasteiger partial charge in [0.05, 0.1) is 30.4 Å². The molecule has 202 valence electrons. The number of thiophene rings is 1. The van der Waals surface area contributed by atoms with Gasteiger partial charge in [-0.1, -0.05) is 19.1 Å². The third-order valence-electron chi connectivity index (χ3n) is 6.48. The molecule has 0 bridgehead atoms. The minimum Gasteiger partial charge on any atom is -0.486 e. The number of aliphatic hydroxyl groups is 1. The smallest absolute Gasteiger partial charge is 0.258 e. The van der Waals surface area contributed by atoms with Crippen molar-refractivity contribution in [3.8, 4) is 5.75 Å². The Hall–Kier alpha value is -3.32. The number of pyridine rings is 1. The molecular weight excluding hydrogens is 528 g/mol. The fourth-order valence-corrected chi connectivity index (χ4v) is 6.56. The topological polar surface area (TPSA) is 129 Å². The van der Waals surface area contributed by atoms with E-state index in [4.69, 9.17) is 4.74 Å². The van der Waals surface area contributed by atoms with Gasteiger partial charge in [-0.3, -0.25) is 14.6 Å². The summed E-state index contributed by atoms with van der Waals surface area (Å²) in [6, 6.07) is 10.7. The summed E-state index contributed by atoms with van der Waals surface area (Å²) in [5.41, 5.74) is 0.854. The predicted molar refractivity (Wildman–Crippen MR) is 144 cm³/mol. The zero-order valence-electron chi connectivity index (χ0n) is 21.3. The first-order valence-corrected chi connectivity index (χ1v) is 14.4. The van der Waals surface area contributed by atoms with Crippen molar-refractivity contribution in [2.45, 2.75) is 30.2 Å². The SMILES string of the molecule is C[C@@H]1CN([C@@H](C)CO)C(=O)c2cccc(NC(=O)c3ccncc3)c2O[C@H]1CN(C)S(=O)(=O)c1cccs1.